The van der Waals surface area contributed by atoms with Gasteiger partial charge in [-0.3, -0.25) is 14.4 Å². The molecular formula is C16H29ClN4O3. The first kappa shape index (κ1) is 20.7. The predicted octanol–water partition coefficient (Wildman–Crippen LogP) is 0.123. The fourth-order valence-electron chi connectivity index (χ4n) is 3.33. The maximum absolute atomic E-state index is 12.1. The molecule has 7 nitrogen and oxygen atoms in total. The van der Waals surface area contributed by atoms with Crippen molar-refractivity contribution in [3.8, 4) is 0 Å². The van der Waals surface area contributed by atoms with Crippen molar-refractivity contribution >= 4 is 30.1 Å². The normalized spacial score (nSPS) is 24.1. The Bertz CT molecular complexity index is 453. The summed E-state index contributed by atoms with van der Waals surface area (Å²) in [4.78, 5) is 39.0. The average Bonchev–Trinajstić information content (AvgIpc) is 2.54. The molecule has 2 rings (SSSR count). The Morgan fingerprint density at radius 1 is 1.08 bits per heavy atom. The molecule has 1 heterocycles. The van der Waals surface area contributed by atoms with E-state index in [1.807, 2.05) is 0 Å². The van der Waals surface area contributed by atoms with Crippen LogP contribution < -0.4 is 11.1 Å². The van der Waals surface area contributed by atoms with E-state index < -0.39 is 0 Å². The second-order valence-electron chi connectivity index (χ2n) is 6.55. The summed E-state index contributed by atoms with van der Waals surface area (Å²) in [7, 11) is 0. The summed E-state index contributed by atoms with van der Waals surface area (Å²) >= 11 is 0. The summed E-state index contributed by atoms with van der Waals surface area (Å²) in [5.74, 6) is 0.103. The third kappa shape index (κ3) is 5.94. The van der Waals surface area contributed by atoms with Crippen molar-refractivity contribution in [2.75, 3.05) is 32.7 Å². The summed E-state index contributed by atoms with van der Waals surface area (Å²) in [6, 6.07) is 0.124. The topological polar surface area (TPSA) is 95.7 Å². The molecule has 3 amide bonds. The van der Waals surface area contributed by atoms with Gasteiger partial charge in [-0.1, -0.05) is 6.42 Å². The molecule has 0 aromatic rings. The van der Waals surface area contributed by atoms with Gasteiger partial charge in [0.1, 0.15) is 0 Å². The minimum absolute atomic E-state index is 0. The summed E-state index contributed by atoms with van der Waals surface area (Å²) in [5, 5.41) is 2.86. The van der Waals surface area contributed by atoms with Gasteiger partial charge >= 0.3 is 0 Å². The first-order valence-electron chi connectivity index (χ1n) is 8.54. The number of rotatable bonds is 4. The molecule has 0 bridgehead atoms. The van der Waals surface area contributed by atoms with Crippen molar-refractivity contribution < 1.29 is 14.4 Å². The van der Waals surface area contributed by atoms with Crippen molar-refractivity contribution in [2.24, 2.45) is 11.7 Å². The van der Waals surface area contributed by atoms with Gasteiger partial charge in [0, 0.05) is 58.0 Å². The number of nitrogens with one attached hydrogen (secondary N) is 1. The van der Waals surface area contributed by atoms with Crippen molar-refractivity contribution in [3.63, 3.8) is 0 Å². The predicted molar refractivity (Wildman–Crippen MR) is 93.6 cm³/mol. The van der Waals surface area contributed by atoms with E-state index in [1.165, 1.54) is 0 Å². The van der Waals surface area contributed by atoms with Gasteiger partial charge in [0.2, 0.25) is 17.7 Å². The lowest BCUT2D eigenvalue weighted by atomic mass is 9.85. The third-order valence-electron chi connectivity index (χ3n) is 4.80. The number of hydrogen-bond acceptors (Lipinski definition) is 4. The quantitative estimate of drug-likeness (QED) is 0.744. The number of piperazine rings is 1. The molecule has 1 saturated heterocycles. The van der Waals surface area contributed by atoms with Crippen LogP contribution in [0.3, 0.4) is 0 Å². The van der Waals surface area contributed by atoms with E-state index in [0.29, 0.717) is 39.1 Å². The maximum atomic E-state index is 12.1. The highest BCUT2D eigenvalue weighted by Gasteiger charge is 2.26. The van der Waals surface area contributed by atoms with E-state index in [4.69, 9.17) is 5.73 Å². The van der Waals surface area contributed by atoms with Crippen LogP contribution in [-0.4, -0.2) is 66.3 Å². The molecule has 0 aromatic heterocycles. The van der Waals surface area contributed by atoms with Crippen molar-refractivity contribution in [1.82, 2.24) is 15.1 Å². The van der Waals surface area contributed by atoms with Crippen LogP contribution in [0.2, 0.25) is 0 Å². The minimum Gasteiger partial charge on any atom is -0.355 e. The zero-order chi connectivity index (χ0) is 16.8. The molecule has 138 valence electrons. The standard InChI is InChI=1S/C16H28N4O3.ClH/c1-12(21)19-7-9-20(10-8-19)15(22)5-6-18-16(23)13-3-2-4-14(17)11-13;/h13-14H,2-11,17H2,1H3,(H,18,23);1H. The van der Waals surface area contributed by atoms with Gasteiger partial charge in [-0.2, -0.15) is 0 Å². The highest BCUT2D eigenvalue weighted by Crippen LogP contribution is 2.23. The molecule has 1 aliphatic carbocycles. The van der Waals surface area contributed by atoms with Crippen LogP contribution in [-0.2, 0) is 14.4 Å². The summed E-state index contributed by atoms with van der Waals surface area (Å²) in [6.07, 6.45) is 3.94. The van der Waals surface area contributed by atoms with Crippen molar-refractivity contribution in [3.05, 3.63) is 0 Å². The van der Waals surface area contributed by atoms with E-state index >= 15 is 0 Å². The molecule has 1 saturated carbocycles. The molecule has 24 heavy (non-hydrogen) atoms. The summed E-state index contributed by atoms with van der Waals surface area (Å²) < 4.78 is 0. The Morgan fingerprint density at radius 3 is 2.29 bits per heavy atom. The van der Waals surface area contributed by atoms with Crippen molar-refractivity contribution in [1.29, 1.82) is 0 Å². The van der Waals surface area contributed by atoms with Crippen LogP contribution in [0.4, 0.5) is 0 Å². The first-order valence-corrected chi connectivity index (χ1v) is 8.54. The van der Waals surface area contributed by atoms with Crippen LogP contribution in [0.5, 0.6) is 0 Å². The van der Waals surface area contributed by atoms with E-state index in [1.54, 1.807) is 16.7 Å². The monoisotopic (exact) mass is 360 g/mol. The first-order chi connectivity index (χ1) is 11.0. The maximum Gasteiger partial charge on any atom is 0.224 e. The van der Waals surface area contributed by atoms with E-state index in [2.05, 4.69) is 5.32 Å². The van der Waals surface area contributed by atoms with Crippen LogP contribution >= 0.6 is 12.4 Å². The number of hydrogen-bond donors (Lipinski definition) is 2. The van der Waals surface area contributed by atoms with Crippen LogP contribution in [0, 0.1) is 5.92 Å². The fourth-order valence-corrected chi connectivity index (χ4v) is 3.33. The Morgan fingerprint density at radius 2 is 1.71 bits per heavy atom. The van der Waals surface area contributed by atoms with Gasteiger partial charge in [0.15, 0.2) is 0 Å². The Labute approximate surface area is 149 Å². The van der Waals surface area contributed by atoms with Gasteiger partial charge in [-0.05, 0) is 19.3 Å². The van der Waals surface area contributed by atoms with Crippen LogP contribution in [0.25, 0.3) is 0 Å². The Hall–Kier alpha value is -1.34. The average molecular weight is 361 g/mol. The molecule has 3 N–H and O–H groups in total. The second-order valence-corrected chi connectivity index (χ2v) is 6.55. The lowest BCUT2D eigenvalue weighted by Gasteiger charge is -2.34. The molecule has 8 heteroatoms. The zero-order valence-electron chi connectivity index (χ0n) is 14.3. The lowest BCUT2D eigenvalue weighted by molar-refractivity contribution is -0.138. The Kier molecular flexibility index (Phi) is 8.48. The number of carbonyl (C=O) groups is 3. The van der Waals surface area contributed by atoms with E-state index in [9.17, 15) is 14.4 Å². The summed E-state index contributed by atoms with van der Waals surface area (Å²) in [5.41, 5.74) is 5.90. The van der Waals surface area contributed by atoms with Crippen LogP contribution in [0.15, 0.2) is 0 Å². The number of nitrogens with zero attached hydrogens (tertiary/aromatic N) is 2. The van der Waals surface area contributed by atoms with E-state index in [0.717, 1.165) is 25.7 Å². The Balaban J connectivity index is 0.00000288. The lowest BCUT2D eigenvalue weighted by Crippen LogP contribution is -2.50. The highest BCUT2D eigenvalue weighted by atomic mass is 35.5. The third-order valence-corrected chi connectivity index (χ3v) is 4.80. The van der Waals surface area contributed by atoms with Gasteiger partial charge in [0.05, 0.1) is 0 Å². The van der Waals surface area contributed by atoms with Crippen molar-refractivity contribution in [2.45, 2.75) is 45.1 Å². The van der Waals surface area contributed by atoms with Gasteiger partial charge < -0.3 is 20.9 Å². The zero-order valence-corrected chi connectivity index (χ0v) is 15.1. The number of halogens is 1. The molecule has 0 aromatic carbocycles. The van der Waals surface area contributed by atoms with Gasteiger partial charge in [-0.25, -0.2) is 0 Å². The number of carbonyl (C=O) groups excluding carboxylic acids is 3. The smallest absolute Gasteiger partial charge is 0.224 e. The minimum atomic E-state index is -0.00652. The molecule has 2 unspecified atom stereocenters. The molecule has 2 aliphatic rings. The van der Waals surface area contributed by atoms with Gasteiger partial charge in [-0.15, -0.1) is 12.4 Å². The molecule has 2 fully saturated rings. The van der Waals surface area contributed by atoms with Crippen LogP contribution in [0.1, 0.15) is 39.0 Å². The molecule has 1 aliphatic heterocycles. The molecule has 0 radical (unpaired) electrons. The molecule has 2 atom stereocenters. The highest BCUT2D eigenvalue weighted by molar-refractivity contribution is 5.85. The molecule has 0 spiro atoms. The SMILES string of the molecule is CC(=O)N1CCN(C(=O)CCNC(=O)C2CCCC(N)C2)CC1.Cl. The van der Waals surface area contributed by atoms with Gasteiger partial charge in [0.25, 0.3) is 0 Å². The van der Waals surface area contributed by atoms with E-state index in [-0.39, 0.29) is 42.1 Å². The fraction of sp³-hybridized carbons (Fsp3) is 0.812. The number of amides is 3. The second kappa shape index (κ2) is 9.84. The largest absolute Gasteiger partial charge is 0.355 e. The summed E-state index contributed by atoms with van der Waals surface area (Å²) in [6.45, 7) is 4.25. The number of nitrogens with two attached hydrogens (primary N) is 1. The molecular weight excluding hydrogens is 332 g/mol.